The minimum absolute atomic E-state index is 0.00583. The molecule has 0 saturated carbocycles. The molecule has 0 atom stereocenters. The zero-order chi connectivity index (χ0) is 18.3. The minimum Gasteiger partial charge on any atom is -0.494 e. The van der Waals surface area contributed by atoms with Crippen molar-refractivity contribution in [2.45, 2.75) is 25.2 Å². The zero-order valence-corrected chi connectivity index (χ0v) is 15.0. The van der Waals surface area contributed by atoms with Gasteiger partial charge in [-0.25, -0.2) is 18.1 Å². The van der Waals surface area contributed by atoms with Crippen LogP contribution in [0.1, 0.15) is 18.9 Å². The molecule has 8 heteroatoms. The summed E-state index contributed by atoms with van der Waals surface area (Å²) in [5.74, 6) is 0.735. The third-order valence-corrected chi connectivity index (χ3v) is 4.75. The summed E-state index contributed by atoms with van der Waals surface area (Å²) in [5, 5.41) is 2.63. The van der Waals surface area contributed by atoms with Crippen LogP contribution in [0.5, 0.6) is 5.75 Å². The maximum absolute atomic E-state index is 12.2. The number of carbonyl (C=O) groups excluding carboxylic acids is 1. The number of anilines is 1. The highest BCUT2D eigenvalue weighted by atomic mass is 32.2. The van der Waals surface area contributed by atoms with Crippen LogP contribution in [-0.4, -0.2) is 32.5 Å². The highest BCUT2D eigenvalue weighted by Crippen LogP contribution is 2.15. The molecule has 0 aliphatic rings. The molecule has 2 rings (SSSR count). The van der Waals surface area contributed by atoms with Crippen molar-refractivity contribution in [2.75, 3.05) is 18.5 Å². The Morgan fingerprint density at radius 3 is 2.56 bits per heavy atom. The number of carbonyl (C=O) groups is 1. The number of aromatic nitrogens is 1. The zero-order valence-electron chi connectivity index (χ0n) is 14.2. The topological polar surface area (TPSA) is 97.4 Å². The second kappa shape index (κ2) is 8.59. The number of ether oxygens (including phenoxy) is 1. The van der Waals surface area contributed by atoms with Crippen LogP contribution in [0.2, 0.25) is 0 Å². The van der Waals surface area contributed by atoms with E-state index in [1.165, 1.54) is 12.1 Å². The van der Waals surface area contributed by atoms with Gasteiger partial charge in [0.15, 0.2) is 0 Å². The SMILES string of the molecule is CCOc1ccc(S(=O)(=O)NCCC(=O)Nc2cc(C)ccn2)cc1. The van der Waals surface area contributed by atoms with Gasteiger partial charge in [0, 0.05) is 19.2 Å². The lowest BCUT2D eigenvalue weighted by Crippen LogP contribution is -2.28. The molecule has 0 fully saturated rings. The van der Waals surface area contributed by atoms with Gasteiger partial charge in [0.1, 0.15) is 11.6 Å². The van der Waals surface area contributed by atoms with Gasteiger partial charge in [-0.1, -0.05) is 0 Å². The third kappa shape index (κ3) is 5.84. The lowest BCUT2D eigenvalue weighted by atomic mass is 10.3. The molecule has 0 spiro atoms. The second-order valence-corrected chi connectivity index (χ2v) is 7.09. The number of hydrogen-bond donors (Lipinski definition) is 2. The van der Waals surface area contributed by atoms with E-state index in [9.17, 15) is 13.2 Å². The van der Waals surface area contributed by atoms with E-state index in [4.69, 9.17) is 4.74 Å². The molecule has 1 aromatic heterocycles. The quantitative estimate of drug-likeness (QED) is 0.748. The minimum atomic E-state index is -3.67. The van der Waals surface area contributed by atoms with Gasteiger partial charge >= 0.3 is 0 Å². The van der Waals surface area contributed by atoms with Gasteiger partial charge in [-0.3, -0.25) is 4.79 Å². The molecule has 0 aliphatic heterocycles. The van der Waals surface area contributed by atoms with E-state index < -0.39 is 10.0 Å². The average molecular weight is 363 g/mol. The molecule has 1 heterocycles. The number of aryl methyl sites for hydroxylation is 1. The molecule has 0 saturated heterocycles. The molecule has 1 amide bonds. The van der Waals surface area contributed by atoms with Crippen molar-refractivity contribution in [1.29, 1.82) is 0 Å². The van der Waals surface area contributed by atoms with Gasteiger partial charge in [0.25, 0.3) is 0 Å². The fourth-order valence-electron chi connectivity index (χ4n) is 2.07. The summed E-state index contributed by atoms with van der Waals surface area (Å²) < 4.78 is 32.1. The van der Waals surface area contributed by atoms with Crippen LogP contribution in [0.3, 0.4) is 0 Å². The number of nitrogens with one attached hydrogen (secondary N) is 2. The Bertz CT molecular complexity index is 820. The maximum atomic E-state index is 12.2. The van der Waals surface area contributed by atoms with Gasteiger partial charge < -0.3 is 10.1 Å². The van der Waals surface area contributed by atoms with Crippen LogP contribution in [0, 0.1) is 6.92 Å². The van der Waals surface area contributed by atoms with Crippen LogP contribution in [0.25, 0.3) is 0 Å². The van der Waals surface area contributed by atoms with Crippen molar-refractivity contribution in [3.05, 3.63) is 48.2 Å². The Morgan fingerprint density at radius 2 is 1.92 bits per heavy atom. The molecule has 0 bridgehead atoms. The number of sulfonamides is 1. The van der Waals surface area contributed by atoms with Gasteiger partial charge in [0.05, 0.1) is 11.5 Å². The Kier molecular flexibility index (Phi) is 6.49. The maximum Gasteiger partial charge on any atom is 0.240 e. The van der Waals surface area contributed by atoms with Gasteiger partial charge in [-0.15, -0.1) is 0 Å². The van der Waals surface area contributed by atoms with Gasteiger partial charge in [-0.2, -0.15) is 0 Å². The summed E-state index contributed by atoms with van der Waals surface area (Å²) >= 11 is 0. The number of benzene rings is 1. The summed E-state index contributed by atoms with van der Waals surface area (Å²) in [6, 6.07) is 9.67. The largest absolute Gasteiger partial charge is 0.494 e. The summed E-state index contributed by atoms with van der Waals surface area (Å²) in [6.07, 6.45) is 1.60. The Labute approximate surface area is 147 Å². The molecular weight excluding hydrogens is 342 g/mol. The Balaban J connectivity index is 1.86. The molecule has 1 aromatic carbocycles. The van der Waals surface area contributed by atoms with Crippen molar-refractivity contribution in [3.63, 3.8) is 0 Å². The van der Waals surface area contributed by atoms with E-state index in [1.54, 1.807) is 24.4 Å². The smallest absolute Gasteiger partial charge is 0.240 e. The van der Waals surface area contributed by atoms with E-state index in [0.717, 1.165) is 5.56 Å². The Morgan fingerprint density at radius 1 is 1.20 bits per heavy atom. The molecule has 0 unspecified atom stereocenters. The van der Waals surface area contributed by atoms with Gasteiger partial charge in [0.2, 0.25) is 15.9 Å². The summed E-state index contributed by atoms with van der Waals surface area (Å²) in [7, 11) is -3.67. The normalized spacial score (nSPS) is 11.1. The number of rotatable bonds is 8. The van der Waals surface area contributed by atoms with E-state index in [1.807, 2.05) is 19.9 Å². The number of hydrogen-bond acceptors (Lipinski definition) is 5. The van der Waals surface area contributed by atoms with Crippen molar-refractivity contribution in [2.24, 2.45) is 0 Å². The van der Waals surface area contributed by atoms with Crippen LogP contribution in [0.4, 0.5) is 5.82 Å². The van der Waals surface area contributed by atoms with E-state index in [-0.39, 0.29) is 23.8 Å². The van der Waals surface area contributed by atoms with Gasteiger partial charge in [-0.05, 0) is 55.8 Å². The number of pyridine rings is 1. The lowest BCUT2D eigenvalue weighted by molar-refractivity contribution is -0.116. The molecular formula is C17H21N3O4S. The van der Waals surface area contributed by atoms with Crippen LogP contribution in [-0.2, 0) is 14.8 Å². The first kappa shape index (κ1) is 18.9. The lowest BCUT2D eigenvalue weighted by Gasteiger charge is -2.08. The van der Waals surface area contributed by atoms with Crippen molar-refractivity contribution in [3.8, 4) is 5.75 Å². The highest BCUT2D eigenvalue weighted by molar-refractivity contribution is 7.89. The van der Waals surface area contributed by atoms with Crippen molar-refractivity contribution in [1.82, 2.24) is 9.71 Å². The standard InChI is InChI=1S/C17H21N3O4S/c1-3-24-14-4-6-15(7-5-14)25(22,23)19-11-9-17(21)20-16-12-13(2)8-10-18-16/h4-8,10,12,19H,3,9,11H2,1-2H3,(H,18,20,21). The van der Waals surface area contributed by atoms with E-state index >= 15 is 0 Å². The van der Waals surface area contributed by atoms with Crippen molar-refractivity contribution >= 4 is 21.7 Å². The first-order valence-corrected chi connectivity index (χ1v) is 9.34. The van der Waals surface area contributed by atoms with Crippen LogP contribution < -0.4 is 14.8 Å². The monoisotopic (exact) mass is 363 g/mol. The highest BCUT2D eigenvalue weighted by Gasteiger charge is 2.14. The fraction of sp³-hybridized carbons (Fsp3) is 0.294. The molecule has 2 aromatic rings. The second-order valence-electron chi connectivity index (χ2n) is 5.32. The molecule has 7 nitrogen and oxygen atoms in total. The fourth-order valence-corrected chi connectivity index (χ4v) is 3.11. The first-order chi connectivity index (χ1) is 11.9. The average Bonchev–Trinajstić information content (AvgIpc) is 2.55. The number of nitrogens with zero attached hydrogens (tertiary/aromatic N) is 1. The predicted octanol–water partition coefficient (Wildman–Crippen LogP) is 2.10. The molecule has 25 heavy (non-hydrogen) atoms. The molecule has 0 radical (unpaired) electrons. The third-order valence-electron chi connectivity index (χ3n) is 3.27. The summed E-state index contributed by atoms with van der Waals surface area (Å²) in [5.41, 5.74) is 0.974. The molecule has 2 N–H and O–H groups in total. The van der Waals surface area contributed by atoms with Crippen LogP contribution in [0.15, 0.2) is 47.5 Å². The molecule has 134 valence electrons. The Hall–Kier alpha value is -2.45. The van der Waals surface area contributed by atoms with E-state index in [0.29, 0.717) is 18.2 Å². The summed E-state index contributed by atoms with van der Waals surface area (Å²) in [6.45, 7) is 4.24. The van der Waals surface area contributed by atoms with E-state index in [2.05, 4.69) is 15.0 Å². The molecule has 0 aliphatic carbocycles. The van der Waals surface area contributed by atoms with Crippen molar-refractivity contribution < 1.29 is 17.9 Å². The summed E-state index contributed by atoms with van der Waals surface area (Å²) in [4.78, 5) is 16.0. The number of amides is 1. The predicted molar refractivity (Wildman–Crippen MR) is 95.0 cm³/mol. The van der Waals surface area contributed by atoms with Crippen LogP contribution >= 0.6 is 0 Å². The first-order valence-electron chi connectivity index (χ1n) is 7.86.